The molecular weight excluding hydrogens is 256 g/mol. The summed E-state index contributed by atoms with van der Waals surface area (Å²) in [7, 11) is -1.81. The van der Waals surface area contributed by atoms with Gasteiger partial charge in [-0.05, 0) is 30.7 Å². The molecule has 0 saturated heterocycles. The van der Waals surface area contributed by atoms with Gasteiger partial charge in [0.1, 0.15) is 11.5 Å². The maximum absolute atomic E-state index is 5.78. The molecule has 0 atom stereocenters. The molecule has 2 aromatic carbocycles. The molecule has 1 radical (unpaired) electrons. The zero-order chi connectivity index (χ0) is 13.3. The summed E-state index contributed by atoms with van der Waals surface area (Å²) in [5.41, 5.74) is 0. The molecule has 4 heteroatoms. The van der Waals surface area contributed by atoms with Gasteiger partial charge < -0.3 is 13.3 Å². The van der Waals surface area contributed by atoms with Crippen molar-refractivity contribution in [1.29, 1.82) is 0 Å². The third-order valence-electron chi connectivity index (χ3n) is 2.31. The van der Waals surface area contributed by atoms with Crippen LogP contribution < -0.4 is 8.85 Å². The van der Waals surface area contributed by atoms with Gasteiger partial charge in [-0.25, -0.2) is 0 Å². The fourth-order valence-corrected chi connectivity index (χ4v) is 2.62. The number of rotatable bonds is 7. The molecule has 0 aliphatic carbocycles. The SMILES string of the molecule is CCCO[Si](Oc1ccccc1)Oc1ccccc1. The lowest BCUT2D eigenvalue weighted by Gasteiger charge is -2.15. The molecule has 0 unspecified atom stereocenters. The van der Waals surface area contributed by atoms with E-state index in [-0.39, 0.29) is 0 Å². The van der Waals surface area contributed by atoms with Crippen LogP contribution in [0.4, 0.5) is 0 Å². The summed E-state index contributed by atoms with van der Waals surface area (Å²) < 4.78 is 17.2. The first-order valence-corrected chi connectivity index (χ1v) is 7.56. The minimum atomic E-state index is -1.81. The minimum Gasteiger partial charge on any atom is -0.489 e. The van der Waals surface area contributed by atoms with Crippen molar-refractivity contribution in [2.75, 3.05) is 6.61 Å². The molecule has 0 fully saturated rings. The van der Waals surface area contributed by atoms with Crippen LogP contribution in [0.2, 0.25) is 0 Å². The smallest absolute Gasteiger partial charge is 0.489 e. The Bertz CT molecular complexity index is 420. The molecule has 3 nitrogen and oxygen atoms in total. The van der Waals surface area contributed by atoms with Crippen molar-refractivity contribution < 1.29 is 13.3 Å². The second-order valence-corrected chi connectivity index (χ2v) is 5.13. The van der Waals surface area contributed by atoms with E-state index in [0.717, 1.165) is 17.9 Å². The van der Waals surface area contributed by atoms with Gasteiger partial charge in [-0.1, -0.05) is 43.3 Å². The first kappa shape index (κ1) is 13.6. The Hall–Kier alpha value is -1.78. The lowest BCUT2D eigenvalue weighted by atomic mass is 10.3. The van der Waals surface area contributed by atoms with Gasteiger partial charge >= 0.3 is 9.53 Å². The van der Waals surface area contributed by atoms with Gasteiger partial charge in [0.05, 0.1) is 0 Å². The van der Waals surface area contributed by atoms with Crippen LogP contribution in [0.5, 0.6) is 11.5 Å². The average molecular weight is 273 g/mol. The van der Waals surface area contributed by atoms with E-state index in [4.69, 9.17) is 13.3 Å². The van der Waals surface area contributed by atoms with Crippen LogP contribution >= 0.6 is 0 Å². The Labute approximate surface area is 115 Å². The Balaban J connectivity index is 1.99. The molecule has 0 saturated carbocycles. The number of hydrogen-bond acceptors (Lipinski definition) is 3. The molecule has 0 aromatic heterocycles. The van der Waals surface area contributed by atoms with Crippen LogP contribution in [0.15, 0.2) is 60.7 Å². The highest BCUT2D eigenvalue weighted by molar-refractivity contribution is 6.38. The van der Waals surface area contributed by atoms with Crippen LogP contribution in [0.3, 0.4) is 0 Å². The monoisotopic (exact) mass is 273 g/mol. The van der Waals surface area contributed by atoms with Crippen molar-refractivity contribution >= 4 is 9.53 Å². The normalized spacial score (nSPS) is 10.4. The van der Waals surface area contributed by atoms with Crippen LogP contribution in [0, 0.1) is 0 Å². The largest absolute Gasteiger partial charge is 0.736 e. The predicted octanol–water partition coefficient (Wildman–Crippen LogP) is 3.56. The quantitative estimate of drug-likeness (QED) is 0.722. The van der Waals surface area contributed by atoms with Crippen molar-refractivity contribution in [3.05, 3.63) is 60.7 Å². The minimum absolute atomic E-state index is 0.633. The Morgan fingerprint density at radius 3 is 1.68 bits per heavy atom. The predicted molar refractivity (Wildman–Crippen MR) is 76.1 cm³/mol. The fraction of sp³-hybridized carbons (Fsp3) is 0.200. The molecule has 0 amide bonds. The highest BCUT2D eigenvalue weighted by Crippen LogP contribution is 2.14. The van der Waals surface area contributed by atoms with Gasteiger partial charge in [0.15, 0.2) is 0 Å². The van der Waals surface area contributed by atoms with E-state index >= 15 is 0 Å². The molecule has 0 spiro atoms. The van der Waals surface area contributed by atoms with Crippen molar-refractivity contribution in [1.82, 2.24) is 0 Å². The molecule has 0 N–H and O–H groups in total. The van der Waals surface area contributed by atoms with Crippen LogP contribution in [0.1, 0.15) is 13.3 Å². The van der Waals surface area contributed by atoms with E-state index in [1.807, 2.05) is 60.7 Å². The summed E-state index contributed by atoms with van der Waals surface area (Å²) in [6.07, 6.45) is 0.935. The standard InChI is InChI=1S/C15H17O3Si/c1-2-13-16-19(17-14-9-5-3-6-10-14)18-15-11-7-4-8-12-15/h3-12H,2,13H2,1H3. The molecule has 0 bridgehead atoms. The van der Waals surface area contributed by atoms with E-state index in [2.05, 4.69) is 6.92 Å². The average Bonchev–Trinajstić information content (AvgIpc) is 2.47. The van der Waals surface area contributed by atoms with E-state index in [9.17, 15) is 0 Å². The maximum atomic E-state index is 5.78. The number of hydrogen-bond donors (Lipinski definition) is 0. The van der Waals surface area contributed by atoms with Crippen LogP contribution in [0.25, 0.3) is 0 Å². The highest BCUT2D eigenvalue weighted by Gasteiger charge is 2.24. The molecule has 0 aliphatic heterocycles. The second kappa shape index (κ2) is 7.61. The maximum Gasteiger partial charge on any atom is 0.736 e. The summed E-state index contributed by atoms with van der Waals surface area (Å²) in [6, 6.07) is 19.2. The van der Waals surface area contributed by atoms with Crippen molar-refractivity contribution in [2.24, 2.45) is 0 Å². The van der Waals surface area contributed by atoms with E-state index in [1.54, 1.807) is 0 Å². The van der Waals surface area contributed by atoms with Crippen molar-refractivity contribution in [3.63, 3.8) is 0 Å². The molecule has 0 heterocycles. The Morgan fingerprint density at radius 1 is 0.789 bits per heavy atom. The third kappa shape index (κ3) is 4.77. The van der Waals surface area contributed by atoms with E-state index < -0.39 is 9.53 Å². The van der Waals surface area contributed by atoms with Crippen molar-refractivity contribution in [2.45, 2.75) is 13.3 Å². The van der Waals surface area contributed by atoms with Crippen LogP contribution in [-0.4, -0.2) is 16.1 Å². The van der Waals surface area contributed by atoms with Gasteiger partial charge in [0.2, 0.25) is 0 Å². The zero-order valence-corrected chi connectivity index (χ0v) is 11.9. The van der Waals surface area contributed by atoms with Crippen LogP contribution in [-0.2, 0) is 4.43 Å². The first-order chi connectivity index (χ1) is 9.38. The van der Waals surface area contributed by atoms with Crippen molar-refractivity contribution in [3.8, 4) is 11.5 Å². The van der Waals surface area contributed by atoms with E-state index in [1.165, 1.54) is 0 Å². The lowest BCUT2D eigenvalue weighted by Crippen LogP contribution is -2.34. The molecule has 19 heavy (non-hydrogen) atoms. The topological polar surface area (TPSA) is 27.7 Å². The second-order valence-electron chi connectivity index (χ2n) is 3.93. The summed E-state index contributed by atoms with van der Waals surface area (Å²) in [4.78, 5) is 0. The van der Waals surface area contributed by atoms with Gasteiger partial charge in [-0.15, -0.1) is 0 Å². The zero-order valence-electron chi connectivity index (χ0n) is 10.9. The number of benzene rings is 2. The van der Waals surface area contributed by atoms with Gasteiger partial charge in [-0.2, -0.15) is 0 Å². The Kier molecular flexibility index (Phi) is 5.46. The summed E-state index contributed by atoms with van der Waals surface area (Å²) in [5, 5.41) is 0. The number of para-hydroxylation sites is 2. The molecule has 99 valence electrons. The summed E-state index contributed by atoms with van der Waals surface area (Å²) >= 11 is 0. The lowest BCUT2D eigenvalue weighted by molar-refractivity contribution is 0.201. The summed E-state index contributed by atoms with van der Waals surface area (Å²) in [6.45, 7) is 2.69. The van der Waals surface area contributed by atoms with Gasteiger partial charge in [0, 0.05) is 6.61 Å². The molecule has 0 aliphatic rings. The van der Waals surface area contributed by atoms with E-state index in [0.29, 0.717) is 6.61 Å². The first-order valence-electron chi connectivity index (χ1n) is 6.34. The molecule has 2 aromatic rings. The summed E-state index contributed by atoms with van der Waals surface area (Å²) in [5.74, 6) is 1.53. The molecule has 2 rings (SSSR count). The Morgan fingerprint density at radius 2 is 1.26 bits per heavy atom. The molecular formula is C15H17O3Si. The fourth-order valence-electron chi connectivity index (χ4n) is 1.43. The third-order valence-corrected chi connectivity index (χ3v) is 3.56. The van der Waals surface area contributed by atoms with Gasteiger partial charge in [0.25, 0.3) is 0 Å². The highest BCUT2D eigenvalue weighted by atomic mass is 28.3. The van der Waals surface area contributed by atoms with Gasteiger partial charge in [-0.3, -0.25) is 0 Å².